The molecule has 6 heteroatoms. The second-order valence-electron chi connectivity index (χ2n) is 8.07. The van der Waals surface area contributed by atoms with Crippen LogP contribution in [0.5, 0.6) is 0 Å². The molecular weight excluding hydrogens is 348 g/mol. The predicted molar refractivity (Wildman–Crippen MR) is 105 cm³/mol. The summed E-state index contributed by atoms with van der Waals surface area (Å²) in [5.74, 6) is -0.888. The van der Waals surface area contributed by atoms with Crippen molar-refractivity contribution in [2.24, 2.45) is 17.1 Å². The average molecular weight is 375 g/mol. The van der Waals surface area contributed by atoms with Crippen molar-refractivity contribution in [2.45, 2.75) is 46.5 Å². The zero-order valence-corrected chi connectivity index (χ0v) is 16.3. The van der Waals surface area contributed by atoms with Gasteiger partial charge in [0, 0.05) is 17.0 Å². The van der Waals surface area contributed by atoms with Crippen LogP contribution in [0.3, 0.4) is 0 Å². The van der Waals surface area contributed by atoms with E-state index < -0.39 is 5.97 Å². The van der Waals surface area contributed by atoms with Crippen LogP contribution in [-0.4, -0.2) is 23.5 Å². The van der Waals surface area contributed by atoms with Gasteiger partial charge in [-0.05, 0) is 48.2 Å². The van der Waals surface area contributed by atoms with Crippen molar-refractivity contribution >= 4 is 28.2 Å². The minimum absolute atomic E-state index is 0.0804. The number of amides is 1. The minimum atomic E-state index is -0.976. The summed E-state index contributed by atoms with van der Waals surface area (Å²) in [5.41, 5.74) is 8.51. The molecule has 1 unspecified atom stereocenters. The molecule has 0 bridgehead atoms. The Morgan fingerprint density at radius 2 is 2.15 bits per heavy atom. The third-order valence-corrected chi connectivity index (χ3v) is 6.45. The zero-order chi connectivity index (χ0) is 19.1. The molecule has 2 aliphatic rings. The molecule has 0 aromatic carbocycles. The van der Waals surface area contributed by atoms with Crippen LogP contribution in [0.2, 0.25) is 0 Å². The lowest BCUT2D eigenvalue weighted by atomic mass is 9.76. The zero-order valence-electron chi connectivity index (χ0n) is 15.5. The summed E-state index contributed by atoms with van der Waals surface area (Å²) < 4.78 is 0. The summed E-state index contributed by atoms with van der Waals surface area (Å²) >= 11 is 1.40. The third-order valence-electron chi connectivity index (χ3n) is 5.25. The van der Waals surface area contributed by atoms with Gasteiger partial charge in [-0.1, -0.05) is 32.9 Å². The molecule has 0 fully saturated rings. The topological polar surface area (TPSA) is 92.4 Å². The molecule has 5 nitrogen and oxygen atoms in total. The second-order valence-corrected chi connectivity index (χ2v) is 9.18. The summed E-state index contributed by atoms with van der Waals surface area (Å²) in [7, 11) is 0. The first-order valence-electron chi connectivity index (χ1n) is 9.01. The number of hydrogen-bond acceptors (Lipinski definition) is 4. The van der Waals surface area contributed by atoms with Crippen LogP contribution in [0.1, 0.15) is 54.4 Å². The second kappa shape index (κ2) is 7.00. The van der Waals surface area contributed by atoms with Crippen LogP contribution >= 0.6 is 11.3 Å². The SMILES string of the molecule is CC1C=CC(C(=O)Nc2sc3c(c2C(=O)O)CC(C)(C)CC3)=C(CN)C1. The first kappa shape index (κ1) is 18.9. The number of aryl methyl sites for hydroxylation is 1. The van der Waals surface area contributed by atoms with Crippen LogP contribution in [0.25, 0.3) is 0 Å². The summed E-state index contributed by atoms with van der Waals surface area (Å²) in [6.45, 7) is 6.73. The van der Waals surface area contributed by atoms with Gasteiger partial charge in [-0.15, -0.1) is 11.3 Å². The largest absolute Gasteiger partial charge is 0.478 e. The summed E-state index contributed by atoms with van der Waals surface area (Å²) in [6.07, 6.45) is 7.17. The van der Waals surface area contributed by atoms with E-state index >= 15 is 0 Å². The number of allylic oxidation sites excluding steroid dienone is 1. The lowest BCUT2D eigenvalue weighted by Crippen LogP contribution is -2.23. The molecule has 0 saturated carbocycles. The van der Waals surface area contributed by atoms with Crippen LogP contribution in [0.15, 0.2) is 23.3 Å². The highest BCUT2D eigenvalue weighted by molar-refractivity contribution is 7.17. The van der Waals surface area contributed by atoms with Gasteiger partial charge >= 0.3 is 5.97 Å². The molecule has 1 atom stereocenters. The minimum Gasteiger partial charge on any atom is -0.478 e. The number of anilines is 1. The van der Waals surface area contributed by atoms with Crippen LogP contribution < -0.4 is 11.1 Å². The molecule has 4 N–H and O–H groups in total. The Bertz CT molecular complexity index is 817. The van der Waals surface area contributed by atoms with Crippen LogP contribution in [0, 0.1) is 11.3 Å². The lowest BCUT2D eigenvalue weighted by Gasteiger charge is -2.29. The van der Waals surface area contributed by atoms with Gasteiger partial charge in [0.05, 0.1) is 5.56 Å². The Morgan fingerprint density at radius 3 is 2.81 bits per heavy atom. The maximum atomic E-state index is 12.8. The number of carbonyl (C=O) groups is 2. The number of nitrogens with two attached hydrogens (primary N) is 1. The van der Waals surface area contributed by atoms with Crippen molar-refractivity contribution < 1.29 is 14.7 Å². The van der Waals surface area contributed by atoms with Crippen molar-refractivity contribution in [2.75, 3.05) is 11.9 Å². The molecule has 0 saturated heterocycles. The Morgan fingerprint density at radius 1 is 1.42 bits per heavy atom. The van der Waals surface area contributed by atoms with E-state index in [2.05, 4.69) is 26.1 Å². The average Bonchev–Trinajstić information content (AvgIpc) is 2.90. The molecule has 3 rings (SSSR count). The highest BCUT2D eigenvalue weighted by Gasteiger charge is 2.33. The van der Waals surface area contributed by atoms with E-state index in [1.807, 2.05) is 12.2 Å². The fraction of sp³-hybridized carbons (Fsp3) is 0.500. The number of carboxylic acids is 1. The van der Waals surface area contributed by atoms with E-state index in [1.165, 1.54) is 11.3 Å². The van der Waals surface area contributed by atoms with E-state index in [4.69, 9.17) is 5.73 Å². The van der Waals surface area contributed by atoms with Gasteiger partial charge in [0.25, 0.3) is 5.91 Å². The van der Waals surface area contributed by atoms with Gasteiger partial charge in [-0.25, -0.2) is 4.79 Å². The normalized spacial score (nSPS) is 21.5. The highest BCUT2D eigenvalue weighted by Crippen LogP contribution is 2.44. The number of nitrogens with one attached hydrogen (secondary N) is 1. The van der Waals surface area contributed by atoms with Crippen molar-refractivity contribution in [3.63, 3.8) is 0 Å². The van der Waals surface area contributed by atoms with Gasteiger partial charge in [0.1, 0.15) is 5.00 Å². The Balaban J connectivity index is 1.93. The van der Waals surface area contributed by atoms with E-state index in [0.717, 1.165) is 41.7 Å². The van der Waals surface area contributed by atoms with Crippen molar-refractivity contribution in [3.8, 4) is 0 Å². The molecule has 26 heavy (non-hydrogen) atoms. The van der Waals surface area contributed by atoms with Gasteiger partial charge in [-0.3, -0.25) is 4.79 Å². The molecule has 1 amide bonds. The number of hydrogen-bond donors (Lipinski definition) is 3. The molecule has 1 heterocycles. The van der Waals surface area contributed by atoms with Crippen molar-refractivity contribution in [1.29, 1.82) is 0 Å². The molecular formula is C20H26N2O3S. The quantitative estimate of drug-likeness (QED) is 0.748. The van der Waals surface area contributed by atoms with Crippen LogP contribution in [-0.2, 0) is 17.6 Å². The Hall–Kier alpha value is -1.92. The fourth-order valence-corrected chi connectivity index (χ4v) is 4.98. The number of fused-ring (bicyclic) bond motifs is 1. The summed E-state index contributed by atoms with van der Waals surface area (Å²) in [5, 5.41) is 13.1. The standard InChI is InChI=1S/C20H26N2O3S/c1-11-4-5-13(12(8-11)10-21)17(23)22-18-16(19(24)25)14-9-20(2,3)7-6-15(14)26-18/h4-5,11H,6-10,21H2,1-3H3,(H,22,23)(H,24,25). The molecule has 1 aromatic heterocycles. The Kier molecular flexibility index (Phi) is 5.08. The Labute approximate surface area is 158 Å². The van der Waals surface area contributed by atoms with E-state index in [1.54, 1.807) is 0 Å². The van der Waals surface area contributed by atoms with Gasteiger partial charge < -0.3 is 16.2 Å². The molecule has 0 radical (unpaired) electrons. The van der Waals surface area contributed by atoms with Gasteiger partial charge in [0.15, 0.2) is 0 Å². The number of carbonyl (C=O) groups excluding carboxylic acids is 1. The maximum absolute atomic E-state index is 12.8. The van der Waals surface area contributed by atoms with E-state index in [9.17, 15) is 14.7 Å². The maximum Gasteiger partial charge on any atom is 0.339 e. The van der Waals surface area contributed by atoms with Gasteiger partial charge in [0.2, 0.25) is 0 Å². The first-order valence-corrected chi connectivity index (χ1v) is 9.83. The summed E-state index contributed by atoms with van der Waals surface area (Å²) in [6, 6.07) is 0. The summed E-state index contributed by atoms with van der Waals surface area (Å²) in [4.78, 5) is 25.8. The highest BCUT2D eigenvalue weighted by atomic mass is 32.1. The smallest absolute Gasteiger partial charge is 0.339 e. The predicted octanol–water partition coefficient (Wildman–Crippen LogP) is 3.75. The van der Waals surface area contributed by atoms with Crippen LogP contribution in [0.4, 0.5) is 5.00 Å². The van der Waals surface area contributed by atoms with Gasteiger partial charge in [-0.2, -0.15) is 0 Å². The number of rotatable bonds is 4. The lowest BCUT2D eigenvalue weighted by molar-refractivity contribution is -0.112. The molecule has 1 aromatic rings. The monoisotopic (exact) mass is 374 g/mol. The van der Waals surface area contributed by atoms with Crippen molar-refractivity contribution in [1.82, 2.24) is 0 Å². The number of carboxylic acid groups (broad SMARTS) is 1. The van der Waals surface area contributed by atoms with E-state index in [-0.39, 0.29) is 16.9 Å². The molecule has 0 aliphatic heterocycles. The van der Waals surface area contributed by atoms with Crippen molar-refractivity contribution in [3.05, 3.63) is 39.3 Å². The number of thiophene rings is 1. The van der Waals surface area contributed by atoms with E-state index in [0.29, 0.717) is 23.0 Å². The molecule has 2 aliphatic carbocycles. The third kappa shape index (κ3) is 3.62. The molecule has 0 spiro atoms. The number of aromatic carboxylic acids is 1. The molecule has 140 valence electrons. The fourth-order valence-electron chi connectivity index (χ4n) is 3.78. The first-order chi connectivity index (χ1) is 12.2.